The van der Waals surface area contributed by atoms with Gasteiger partial charge in [-0.05, 0) is 13.3 Å². The molecule has 4 nitrogen and oxygen atoms in total. The van der Waals surface area contributed by atoms with E-state index in [9.17, 15) is 9.59 Å². The Kier molecular flexibility index (Phi) is 2.21. The van der Waals surface area contributed by atoms with Crippen molar-refractivity contribution >= 4 is 23.6 Å². The van der Waals surface area contributed by atoms with Crippen molar-refractivity contribution in [2.75, 3.05) is 12.9 Å². The van der Waals surface area contributed by atoms with Crippen LogP contribution in [0.4, 0.5) is 0 Å². The SMILES string of the molecule is COC(=O)C1CSC2(C)CCC(=O)N12. The summed E-state index contributed by atoms with van der Waals surface area (Å²) in [6.07, 6.45) is 1.39. The van der Waals surface area contributed by atoms with E-state index in [2.05, 4.69) is 4.74 Å². The molecule has 2 unspecified atom stereocenters. The van der Waals surface area contributed by atoms with Crippen LogP contribution in [0, 0.1) is 0 Å². The van der Waals surface area contributed by atoms with Crippen LogP contribution < -0.4 is 0 Å². The number of thioether (sulfide) groups is 1. The quantitative estimate of drug-likeness (QED) is 0.601. The molecule has 2 saturated heterocycles. The van der Waals surface area contributed by atoms with Crippen molar-refractivity contribution in [2.45, 2.75) is 30.7 Å². The largest absolute Gasteiger partial charge is 0.467 e. The number of fused-ring (bicyclic) bond motifs is 1. The van der Waals surface area contributed by atoms with Crippen LogP contribution in [0.5, 0.6) is 0 Å². The summed E-state index contributed by atoms with van der Waals surface area (Å²) in [7, 11) is 1.36. The molecule has 0 aromatic carbocycles. The third-order valence-electron chi connectivity index (χ3n) is 2.92. The van der Waals surface area contributed by atoms with Crippen molar-refractivity contribution in [3.05, 3.63) is 0 Å². The van der Waals surface area contributed by atoms with Crippen molar-refractivity contribution in [3.8, 4) is 0 Å². The topological polar surface area (TPSA) is 46.6 Å². The molecule has 2 atom stereocenters. The van der Waals surface area contributed by atoms with Crippen LogP contribution in [0.1, 0.15) is 19.8 Å². The molecule has 1 amide bonds. The standard InChI is InChI=1S/C9H13NO3S/c1-9-4-3-7(11)10(9)6(5-14-9)8(12)13-2/h6H,3-5H2,1-2H3. The maximum Gasteiger partial charge on any atom is 0.329 e. The molecule has 2 aliphatic rings. The highest BCUT2D eigenvalue weighted by molar-refractivity contribution is 8.01. The first-order valence-electron chi connectivity index (χ1n) is 4.62. The zero-order valence-corrected chi connectivity index (χ0v) is 9.10. The van der Waals surface area contributed by atoms with Crippen LogP contribution in [-0.2, 0) is 14.3 Å². The van der Waals surface area contributed by atoms with Crippen molar-refractivity contribution in [1.82, 2.24) is 4.90 Å². The predicted octanol–water partition coefficient (Wildman–Crippen LogP) is 0.613. The zero-order valence-electron chi connectivity index (χ0n) is 8.28. The minimum atomic E-state index is -0.370. The van der Waals surface area contributed by atoms with Gasteiger partial charge < -0.3 is 9.64 Å². The number of amides is 1. The number of nitrogens with zero attached hydrogens (tertiary/aromatic N) is 1. The molecule has 2 rings (SSSR count). The predicted molar refractivity (Wildman–Crippen MR) is 52.7 cm³/mol. The summed E-state index contributed by atoms with van der Waals surface area (Å²) in [5, 5.41) is 0. The molecular formula is C9H13NO3S. The van der Waals surface area contributed by atoms with Crippen molar-refractivity contribution < 1.29 is 14.3 Å². The maximum atomic E-state index is 11.6. The number of carbonyl (C=O) groups excluding carboxylic acids is 2. The van der Waals surface area contributed by atoms with Gasteiger partial charge in [-0.2, -0.15) is 0 Å². The summed E-state index contributed by atoms with van der Waals surface area (Å²) in [6, 6.07) is -0.370. The second-order valence-electron chi connectivity index (χ2n) is 3.79. The normalized spacial score (nSPS) is 36.0. The summed E-state index contributed by atoms with van der Waals surface area (Å²) in [5.41, 5.74) is 0. The van der Waals surface area contributed by atoms with Gasteiger partial charge in [0.2, 0.25) is 5.91 Å². The molecule has 0 aromatic rings. The second-order valence-corrected chi connectivity index (χ2v) is 5.29. The second kappa shape index (κ2) is 3.15. The average Bonchev–Trinajstić information content (AvgIpc) is 2.64. The first-order valence-corrected chi connectivity index (χ1v) is 5.61. The number of hydrogen-bond donors (Lipinski definition) is 0. The maximum absolute atomic E-state index is 11.6. The molecule has 0 bridgehead atoms. The molecule has 2 aliphatic heterocycles. The molecule has 14 heavy (non-hydrogen) atoms. The van der Waals surface area contributed by atoms with E-state index in [1.165, 1.54) is 7.11 Å². The molecule has 0 aliphatic carbocycles. The van der Waals surface area contributed by atoms with E-state index in [0.29, 0.717) is 12.2 Å². The Balaban J connectivity index is 2.24. The fourth-order valence-corrected chi connectivity index (χ4v) is 3.55. The Morgan fingerprint density at radius 2 is 2.43 bits per heavy atom. The first-order chi connectivity index (χ1) is 6.58. The van der Waals surface area contributed by atoms with Crippen molar-refractivity contribution in [2.24, 2.45) is 0 Å². The van der Waals surface area contributed by atoms with E-state index in [0.717, 1.165) is 6.42 Å². The Labute approximate surface area is 87.0 Å². The van der Waals surface area contributed by atoms with Gasteiger partial charge in [0, 0.05) is 12.2 Å². The number of ether oxygens (including phenoxy) is 1. The van der Waals surface area contributed by atoms with Gasteiger partial charge in [0.05, 0.1) is 12.0 Å². The zero-order chi connectivity index (χ0) is 10.3. The molecule has 5 heteroatoms. The highest BCUT2D eigenvalue weighted by atomic mass is 32.2. The summed E-state index contributed by atoms with van der Waals surface area (Å²) >= 11 is 1.68. The van der Waals surface area contributed by atoms with Crippen LogP contribution in [0.3, 0.4) is 0 Å². The number of methoxy groups -OCH3 is 1. The average molecular weight is 215 g/mol. The van der Waals surface area contributed by atoms with E-state index in [1.54, 1.807) is 16.7 Å². The van der Waals surface area contributed by atoms with E-state index < -0.39 is 0 Å². The molecule has 0 N–H and O–H groups in total. The first kappa shape index (κ1) is 9.83. The summed E-state index contributed by atoms with van der Waals surface area (Å²) in [6.45, 7) is 2.02. The van der Waals surface area contributed by atoms with Crippen LogP contribution in [0.15, 0.2) is 0 Å². The monoisotopic (exact) mass is 215 g/mol. The van der Waals surface area contributed by atoms with Crippen LogP contribution >= 0.6 is 11.8 Å². The molecular weight excluding hydrogens is 202 g/mol. The molecule has 0 saturated carbocycles. The molecule has 0 spiro atoms. The van der Waals surface area contributed by atoms with Gasteiger partial charge >= 0.3 is 5.97 Å². The van der Waals surface area contributed by atoms with E-state index in [4.69, 9.17) is 0 Å². The minimum absolute atomic E-state index is 0.0768. The lowest BCUT2D eigenvalue weighted by Crippen LogP contribution is -2.46. The molecule has 78 valence electrons. The molecule has 0 aromatic heterocycles. The van der Waals surface area contributed by atoms with Gasteiger partial charge in [0.25, 0.3) is 0 Å². The number of hydrogen-bond acceptors (Lipinski definition) is 4. The van der Waals surface area contributed by atoms with E-state index in [1.807, 2.05) is 6.92 Å². The van der Waals surface area contributed by atoms with Gasteiger partial charge in [-0.15, -0.1) is 11.8 Å². The molecule has 2 fully saturated rings. The summed E-state index contributed by atoms with van der Waals surface area (Å²) < 4.78 is 4.69. The van der Waals surface area contributed by atoms with E-state index >= 15 is 0 Å². The lowest BCUT2D eigenvalue weighted by Gasteiger charge is -2.29. The van der Waals surface area contributed by atoms with Gasteiger partial charge in [0.15, 0.2) is 0 Å². The summed E-state index contributed by atoms with van der Waals surface area (Å²) in [4.78, 5) is 24.5. The Morgan fingerprint density at radius 1 is 1.71 bits per heavy atom. The Hall–Kier alpha value is -0.710. The number of rotatable bonds is 1. The van der Waals surface area contributed by atoms with E-state index in [-0.39, 0.29) is 22.8 Å². The van der Waals surface area contributed by atoms with Crippen molar-refractivity contribution in [3.63, 3.8) is 0 Å². The minimum Gasteiger partial charge on any atom is -0.467 e. The number of carbonyl (C=O) groups is 2. The number of esters is 1. The summed E-state index contributed by atoms with van der Waals surface area (Å²) in [5.74, 6) is 0.443. The lowest BCUT2D eigenvalue weighted by molar-refractivity contribution is -0.151. The Bertz CT molecular complexity index is 294. The molecule has 2 heterocycles. The smallest absolute Gasteiger partial charge is 0.329 e. The van der Waals surface area contributed by atoms with Gasteiger partial charge in [-0.3, -0.25) is 4.79 Å². The lowest BCUT2D eigenvalue weighted by atomic mass is 10.2. The Morgan fingerprint density at radius 3 is 3.07 bits per heavy atom. The van der Waals surface area contributed by atoms with Crippen molar-refractivity contribution in [1.29, 1.82) is 0 Å². The van der Waals surface area contributed by atoms with Crippen LogP contribution in [0.2, 0.25) is 0 Å². The van der Waals surface area contributed by atoms with Gasteiger partial charge in [-0.1, -0.05) is 0 Å². The third kappa shape index (κ3) is 1.22. The third-order valence-corrected chi connectivity index (χ3v) is 4.42. The fourth-order valence-electron chi connectivity index (χ4n) is 2.13. The fraction of sp³-hybridized carbons (Fsp3) is 0.778. The highest BCUT2D eigenvalue weighted by Crippen LogP contribution is 2.47. The van der Waals surface area contributed by atoms with Crippen LogP contribution in [0.25, 0.3) is 0 Å². The van der Waals surface area contributed by atoms with Crippen LogP contribution in [-0.4, -0.2) is 40.6 Å². The van der Waals surface area contributed by atoms with Gasteiger partial charge in [0.1, 0.15) is 6.04 Å². The molecule has 0 radical (unpaired) electrons. The highest BCUT2D eigenvalue weighted by Gasteiger charge is 2.53. The van der Waals surface area contributed by atoms with Gasteiger partial charge in [-0.25, -0.2) is 4.79 Å².